The molecule has 4 heterocycles. The summed E-state index contributed by atoms with van der Waals surface area (Å²) in [5.41, 5.74) is 0.494. The third-order valence-electron chi connectivity index (χ3n) is 6.87. The number of anilines is 1. The van der Waals surface area contributed by atoms with Crippen molar-refractivity contribution in [1.82, 2.24) is 20.2 Å². The van der Waals surface area contributed by atoms with Crippen LogP contribution >= 0.6 is 0 Å². The van der Waals surface area contributed by atoms with Gasteiger partial charge in [-0.15, -0.1) is 0 Å². The predicted octanol–water partition coefficient (Wildman–Crippen LogP) is 2.89. The maximum Gasteiger partial charge on any atom is 0.329 e. The van der Waals surface area contributed by atoms with Crippen LogP contribution < -0.4 is 15.5 Å². The second-order valence-corrected chi connectivity index (χ2v) is 8.88. The maximum atomic E-state index is 14.5. The molecule has 2 fully saturated rings. The minimum Gasteiger partial charge on any atom is -0.480 e. The van der Waals surface area contributed by atoms with E-state index in [2.05, 4.69) is 15.7 Å². The molecule has 34 heavy (non-hydrogen) atoms. The Morgan fingerprint density at radius 1 is 1.18 bits per heavy atom. The highest BCUT2D eigenvalue weighted by Gasteiger charge is 2.41. The van der Waals surface area contributed by atoms with Crippen molar-refractivity contribution >= 4 is 23.1 Å². The number of amides is 1. The number of rotatable bonds is 5. The van der Waals surface area contributed by atoms with Crippen LogP contribution in [0.15, 0.2) is 42.7 Å². The molecular weight excluding hydrogens is 444 g/mol. The average molecular weight is 469 g/mol. The molecule has 10 heteroatoms. The highest BCUT2D eigenvalue weighted by Crippen LogP contribution is 2.38. The molecule has 2 aliphatic heterocycles. The lowest BCUT2D eigenvalue weighted by molar-refractivity contribution is -0.145. The summed E-state index contributed by atoms with van der Waals surface area (Å²) in [6, 6.07) is 6.76. The lowest BCUT2D eigenvalue weighted by Gasteiger charge is -2.34. The molecule has 178 valence electrons. The van der Waals surface area contributed by atoms with Crippen molar-refractivity contribution in [2.75, 3.05) is 24.5 Å². The van der Waals surface area contributed by atoms with E-state index in [9.17, 15) is 23.5 Å². The zero-order valence-corrected chi connectivity index (χ0v) is 18.4. The van der Waals surface area contributed by atoms with Gasteiger partial charge in [0.2, 0.25) is 0 Å². The van der Waals surface area contributed by atoms with Crippen molar-refractivity contribution in [1.29, 1.82) is 0 Å². The fraction of sp³-hybridized carbons (Fsp3) is 0.375. The van der Waals surface area contributed by atoms with Crippen LogP contribution in [0.2, 0.25) is 0 Å². The van der Waals surface area contributed by atoms with Crippen molar-refractivity contribution in [3.63, 3.8) is 0 Å². The van der Waals surface area contributed by atoms with Crippen LogP contribution in [0.3, 0.4) is 0 Å². The van der Waals surface area contributed by atoms with Gasteiger partial charge in [0.25, 0.3) is 5.91 Å². The number of benzene rings is 1. The number of carboxylic acid groups (broad SMARTS) is 1. The highest BCUT2D eigenvalue weighted by atomic mass is 19.1. The summed E-state index contributed by atoms with van der Waals surface area (Å²) >= 11 is 0. The summed E-state index contributed by atoms with van der Waals surface area (Å²) in [6.07, 6.45) is 5.18. The first-order chi connectivity index (χ1) is 16.4. The van der Waals surface area contributed by atoms with Gasteiger partial charge in [-0.05, 0) is 69.1 Å². The van der Waals surface area contributed by atoms with Crippen LogP contribution in [-0.2, 0) is 4.79 Å². The van der Waals surface area contributed by atoms with E-state index in [1.165, 1.54) is 12.3 Å². The third-order valence-corrected chi connectivity index (χ3v) is 6.87. The molecule has 3 aromatic rings. The quantitative estimate of drug-likeness (QED) is 0.532. The number of nitrogens with zero attached hydrogens (tertiary/aromatic N) is 3. The van der Waals surface area contributed by atoms with E-state index >= 15 is 0 Å². The summed E-state index contributed by atoms with van der Waals surface area (Å²) < 4.78 is 29.9. The number of carboxylic acids is 1. The summed E-state index contributed by atoms with van der Waals surface area (Å²) in [6.45, 7) is 1.65. The maximum absolute atomic E-state index is 14.5. The van der Waals surface area contributed by atoms with E-state index in [1.807, 2.05) is 11.0 Å². The predicted molar refractivity (Wildman–Crippen MR) is 121 cm³/mol. The number of piperidine rings is 1. The van der Waals surface area contributed by atoms with Gasteiger partial charge in [-0.1, -0.05) is 0 Å². The first kappa shape index (κ1) is 22.3. The summed E-state index contributed by atoms with van der Waals surface area (Å²) in [5.74, 6) is -2.51. The number of halogens is 2. The number of hydrogen-bond donors (Lipinski definition) is 3. The molecule has 5 rings (SSSR count). The fourth-order valence-electron chi connectivity index (χ4n) is 5.02. The van der Waals surface area contributed by atoms with Crippen LogP contribution in [0.4, 0.5) is 14.5 Å². The van der Waals surface area contributed by atoms with Gasteiger partial charge in [0.15, 0.2) is 0 Å². The van der Waals surface area contributed by atoms with E-state index in [4.69, 9.17) is 0 Å². The van der Waals surface area contributed by atoms with Crippen molar-refractivity contribution < 1.29 is 23.5 Å². The van der Waals surface area contributed by atoms with E-state index in [0.29, 0.717) is 37.1 Å². The molecule has 2 saturated heterocycles. The summed E-state index contributed by atoms with van der Waals surface area (Å²) in [5, 5.41) is 19.9. The van der Waals surface area contributed by atoms with E-state index < -0.39 is 29.0 Å². The van der Waals surface area contributed by atoms with Crippen LogP contribution in [0, 0.1) is 11.6 Å². The molecule has 2 aromatic heterocycles. The molecule has 0 radical (unpaired) electrons. The van der Waals surface area contributed by atoms with E-state index in [0.717, 1.165) is 24.2 Å². The Morgan fingerprint density at radius 3 is 2.74 bits per heavy atom. The molecular formula is C24H25F2N5O3. The molecule has 0 aliphatic carbocycles. The van der Waals surface area contributed by atoms with E-state index in [-0.39, 0.29) is 24.4 Å². The van der Waals surface area contributed by atoms with Crippen LogP contribution in [0.1, 0.15) is 47.6 Å². The van der Waals surface area contributed by atoms with Crippen molar-refractivity contribution in [2.24, 2.45) is 0 Å². The van der Waals surface area contributed by atoms with Gasteiger partial charge in [0.05, 0.1) is 23.3 Å². The zero-order valence-electron chi connectivity index (χ0n) is 18.4. The van der Waals surface area contributed by atoms with Gasteiger partial charge in [-0.3, -0.25) is 4.79 Å². The minimum atomic E-state index is -1.33. The monoisotopic (exact) mass is 469 g/mol. The fourth-order valence-corrected chi connectivity index (χ4v) is 5.02. The smallest absolute Gasteiger partial charge is 0.329 e. The lowest BCUT2D eigenvalue weighted by atomic mass is 9.88. The largest absolute Gasteiger partial charge is 0.480 e. The standard InChI is InChI=1S/C24H25F2N5O3/c25-15-3-4-19(26)17(12-15)20-2-1-10-30(20)16-5-11-31-21(13-16)18(14-28-31)22(32)29-24(23(33)34)6-8-27-9-7-24/h3-5,11-14,20,27H,1-2,6-10H2,(H,29,32)(H,33,34). The average Bonchev–Trinajstić information content (AvgIpc) is 3.48. The number of pyridine rings is 1. The second kappa shape index (κ2) is 8.68. The van der Waals surface area contributed by atoms with Crippen LogP contribution in [-0.4, -0.2) is 51.8 Å². The molecule has 0 spiro atoms. The Balaban J connectivity index is 1.47. The molecule has 1 amide bonds. The number of hydrogen-bond acceptors (Lipinski definition) is 5. The number of aromatic nitrogens is 2. The minimum absolute atomic E-state index is 0.258. The SMILES string of the molecule is O=C(NC1(C(=O)O)CCNCC1)c1cnn2ccc(N3CCCC3c3cc(F)ccc3F)cc12. The number of carbonyl (C=O) groups is 2. The van der Waals surface area contributed by atoms with E-state index in [1.54, 1.807) is 16.8 Å². The Kier molecular flexibility index (Phi) is 5.68. The molecule has 8 nitrogen and oxygen atoms in total. The third kappa shape index (κ3) is 3.87. The Hall–Kier alpha value is -3.53. The van der Waals surface area contributed by atoms with Gasteiger partial charge < -0.3 is 20.6 Å². The molecule has 1 atom stereocenters. The second-order valence-electron chi connectivity index (χ2n) is 8.88. The first-order valence-corrected chi connectivity index (χ1v) is 11.3. The van der Waals surface area contributed by atoms with Crippen molar-refractivity contribution in [2.45, 2.75) is 37.3 Å². The molecule has 2 aliphatic rings. The Bertz CT molecular complexity index is 1250. The molecule has 0 saturated carbocycles. The van der Waals surface area contributed by atoms with Gasteiger partial charge in [0, 0.05) is 24.0 Å². The topological polar surface area (TPSA) is 99.0 Å². The Labute approximate surface area is 194 Å². The number of carbonyl (C=O) groups excluding carboxylic acids is 1. The molecule has 1 aromatic carbocycles. The molecule has 1 unspecified atom stereocenters. The van der Waals surface area contributed by atoms with Crippen molar-refractivity contribution in [3.8, 4) is 0 Å². The van der Waals surface area contributed by atoms with Crippen molar-refractivity contribution in [3.05, 3.63) is 65.5 Å². The van der Waals surface area contributed by atoms with Gasteiger partial charge in [0.1, 0.15) is 17.2 Å². The van der Waals surface area contributed by atoms with Gasteiger partial charge >= 0.3 is 5.97 Å². The first-order valence-electron chi connectivity index (χ1n) is 11.3. The zero-order chi connectivity index (χ0) is 23.9. The normalized spacial score (nSPS) is 19.9. The summed E-state index contributed by atoms with van der Waals surface area (Å²) in [7, 11) is 0. The Morgan fingerprint density at radius 2 is 1.97 bits per heavy atom. The number of aliphatic carboxylic acids is 1. The molecule has 0 bridgehead atoms. The lowest BCUT2D eigenvalue weighted by Crippen LogP contribution is -2.59. The number of fused-ring (bicyclic) bond motifs is 1. The summed E-state index contributed by atoms with van der Waals surface area (Å²) in [4.78, 5) is 27.1. The number of nitrogens with one attached hydrogen (secondary N) is 2. The van der Waals surface area contributed by atoms with Crippen LogP contribution in [0.5, 0.6) is 0 Å². The molecule has 3 N–H and O–H groups in total. The highest BCUT2D eigenvalue weighted by molar-refractivity contribution is 6.03. The van der Waals surface area contributed by atoms with Gasteiger partial charge in [-0.2, -0.15) is 5.10 Å². The van der Waals surface area contributed by atoms with Crippen LogP contribution in [0.25, 0.3) is 5.52 Å². The van der Waals surface area contributed by atoms with Gasteiger partial charge in [-0.25, -0.2) is 18.1 Å².